The zero-order valence-electron chi connectivity index (χ0n) is 17.1. The van der Waals surface area contributed by atoms with Crippen LogP contribution in [0.5, 0.6) is 11.5 Å². The number of ether oxygens (including phenoxy) is 2. The molecule has 7 nitrogen and oxygen atoms in total. The van der Waals surface area contributed by atoms with Gasteiger partial charge in [0, 0.05) is 11.6 Å². The molecule has 168 valence electrons. The van der Waals surface area contributed by atoms with E-state index in [0.717, 1.165) is 12.1 Å². The van der Waals surface area contributed by atoms with Gasteiger partial charge >= 0.3 is 6.36 Å². The number of halogens is 3. The number of carbonyl (C=O) groups is 1. The second-order valence-electron chi connectivity index (χ2n) is 6.67. The van der Waals surface area contributed by atoms with Gasteiger partial charge in [-0.05, 0) is 48.5 Å². The fourth-order valence-corrected chi connectivity index (χ4v) is 2.99. The van der Waals surface area contributed by atoms with Gasteiger partial charge in [0.25, 0.3) is 5.91 Å². The van der Waals surface area contributed by atoms with Crippen LogP contribution in [0.4, 0.5) is 24.7 Å². The van der Waals surface area contributed by atoms with Gasteiger partial charge in [-0.25, -0.2) is 9.98 Å². The number of amides is 1. The number of carbonyl (C=O) groups excluding carboxylic acids is 1. The average Bonchev–Trinajstić information content (AvgIpc) is 2.79. The van der Waals surface area contributed by atoms with E-state index in [4.69, 9.17) is 9.15 Å². The first-order valence-electron chi connectivity index (χ1n) is 9.56. The van der Waals surface area contributed by atoms with Gasteiger partial charge in [0.05, 0.1) is 12.8 Å². The van der Waals surface area contributed by atoms with Crippen molar-refractivity contribution in [3.63, 3.8) is 0 Å². The maximum absolute atomic E-state index is 13.0. The number of benzene rings is 2. The van der Waals surface area contributed by atoms with E-state index in [-0.39, 0.29) is 16.8 Å². The minimum Gasteiger partial charge on any atom is -0.493 e. The normalized spacial score (nSPS) is 11.9. The Morgan fingerprint density at radius 1 is 1.06 bits per heavy atom. The van der Waals surface area contributed by atoms with Crippen molar-refractivity contribution in [2.45, 2.75) is 6.36 Å². The summed E-state index contributed by atoms with van der Waals surface area (Å²) in [6.07, 6.45) is -3.28. The zero-order chi connectivity index (χ0) is 23.4. The van der Waals surface area contributed by atoms with Crippen LogP contribution in [0, 0.1) is 0 Å². The summed E-state index contributed by atoms with van der Waals surface area (Å²) in [4.78, 5) is 21.4. The lowest BCUT2D eigenvalue weighted by Gasteiger charge is -2.09. The van der Waals surface area contributed by atoms with Crippen LogP contribution in [0.1, 0.15) is 10.4 Å². The average molecular weight is 455 g/mol. The lowest BCUT2D eigenvalue weighted by atomic mass is 10.1. The van der Waals surface area contributed by atoms with E-state index >= 15 is 0 Å². The molecule has 1 amide bonds. The van der Waals surface area contributed by atoms with Crippen molar-refractivity contribution in [3.05, 3.63) is 84.0 Å². The Balaban J connectivity index is 1.80. The molecule has 2 heterocycles. The molecule has 4 rings (SSSR count). The highest BCUT2D eigenvalue weighted by atomic mass is 19.4. The highest BCUT2D eigenvalue weighted by Crippen LogP contribution is 2.27. The van der Waals surface area contributed by atoms with Crippen LogP contribution in [-0.4, -0.2) is 24.4 Å². The molecule has 0 atom stereocenters. The number of anilines is 1. The molecule has 0 spiro atoms. The van der Waals surface area contributed by atoms with Gasteiger partial charge in [0.2, 0.25) is 5.55 Å². The summed E-state index contributed by atoms with van der Waals surface area (Å²) in [7, 11) is 1.47. The van der Waals surface area contributed by atoms with Gasteiger partial charge < -0.3 is 19.2 Å². The van der Waals surface area contributed by atoms with Gasteiger partial charge in [-0.15, -0.1) is 13.2 Å². The summed E-state index contributed by atoms with van der Waals surface area (Å²) in [6, 6.07) is 16.6. The second-order valence-corrected chi connectivity index (χ2v) is 6.67. The topological polar surface area (TPSA) is 86.0 Å². The molecule has 0 unspecified atom stereocenters. The van der Waals surface area contributed by atoms with E-state index in [1.165, 1.54) is 25.4 Å². The number of rotatable bonds is 5. The molecule has 0 radical (unpaired) electrons. The molecule has 0 saturated heterocycles. The fraction of sp³-hybridized carbons (Fsp3) is 0.0870. The Labute approximate surface area is 185 Å². The highest BCUT2D eigenvalue weighted by molar-refractivity contribution is 6.05. The molecule has 2 aromatic heterocycles. The number of alkyl halides is 3. The largest absolute Gasteiger partial charge is 0.573 e. The smallest absolute Gasteiger partial charge is 0.493 e. The number of nitrogens with one attached hydrogen (secondary N) is 1. The molecule has 0 aliphatic heterocycles. The van der Waals surface area contributed by atoms with Gasteiger partial charge in [-0.1, -0.05) is 18.2 Å². The lowest BCUT2D eigenvalue weighted by molar-refractivity contribution is -0.274. The van der Waals surface area contributed by atoms with Crippen molar-refractivity contribution < 1.29 is 31.9 Å². The third-order valence-corrected chi connectivity index (χ3v) is 4.41. The first kappa shape index (κ1) is 21.9. The Bertz CT molecular complexity index is 1350. The molecule has 0 aliphatic carbocycles. The van der Waals surface area contributed by atoms with Gasteiger partial charge in [-0.3, -0.25) is 4.79 Å². The molecule has 0 fully saturated rings. The Morgan fingerprint density at radius 3 is 2.52 bits per heavy atom. The van der Waals surface area contributed by atoms with E-state index < -0.39 is 18.0 Å². The van der Waals surface area contributed by atoms with E-state index in [2.05, 4.69) is 20.0 Å². The fourth-order valence-electron chi connectivity index (χ4n) is 2.99. The summed E-state index contributed by atoms with van der Waals surface area (Å²) in [5, 5.41) is 3.26. The summed E-state index contributed by atoms with van der Waals surface area (Å²) in [5.74, 6) is -0.174. The first-order chi connectivity index (χ1) is 15.8. The van der Waals surface area contributed by atoms with Crippen molar-refractivity contribution in [1.82, 2.24) is 4.98 Å². The monoisotopic (exact) mass is 455 g/mol. The Kier molecular flexibility index (Phi) is 5.99. The molecule has 1 N–H and O–H groups in total. The number of hydrogen-bond acceptors (Lipinski definition) is 6. The zero-order valence-corrected chi connectivity index (χ0v) is 17.1. The molecule has 0 bridgehead atoms. The molecular weight excluding hydrogens is 439 g/mol. The van der Waals surface area contributed by atoms with Crippen molar-refractivity contribution >= 4 is 28.4 Å². The molecular formula is C23H16F3N3O4. The van der Waals surface area contributed by atoms with Crippen LogP contribution in [0.25, 0.3) is 11.0 Å². The van der Waals surface area contributed by atoms with Crippen molar-refractivity contribution in [3.8, 4) is 11.5 Å². The van der Waals surface area contributed by atoms with Gasteiger partial charge in [0.15, 0.2) is 11.3 Å². The second kappa shape index (κ2) is 9.03. The number of nitrogens with zero attached hydrogens (tertiary/aromatic N) is 2. The molecule has 0 aliphatic rings. The third kappa shape index (κ3) is 5.29. The van der Waals surface area contributed by atoms with Crippen LogP contribution in [0.3, 0.4) is 0 Å². The quantitative estimate of drug-likeness (QED) is 0.446. The molecule has 2 aromatic carbocycles. The van der Waals surface area contributed by atoms with Crippen LogP contribution >= 0.6 is 0 Å². The first-order valence-corrected chi connectivity index (χ1v) is 9.56. The number of aromatic nitrogens is 1. The van der Waals surface area contributed by atoms with E-state index in [9.17, 15) is 18.0 Å². The summed E-state index contributed by atoms with van der Waals surface area (Å²) in [5.41, 5.74) is 0.626. The number of hydrogen-bond donors (Lipinski definition) is 1. The highest BCUT2D eigenvalue weighted by Gasteiger charge is 2.31. The van der Waals surface area contributed by atoms with E-state index in [1.54, 1.807) is 42.5 Å². The summed E-state index contributed by atoms with van der Waals surface area (Å²) >= 11 is 0. The predicted molar refractivity (Wildman–Crippen MR) is 113 cm³/mol. The van der Waals surface area contributed by atoms with Gasteiger partial charge in [0.1, 0.15) is 17.1 Å². The molecule has 33 heavy (non-hydrogen) atoms. The Morgan fingerprint density at radius 2 is 1.85 bits per heavy atom. The number of methoxy groups -OCH3 is 1. The van der Waals surface area contributed by atoms with Crippen LogP contribution in [-0.2, 0) is 0 Å². The van der Waals surface area contributed by atoms with Crippen LogP contribution in [0.2, 0.25) is 0 Å². The third-order valence-electron chi connectivity index (χ3n) is 4.41. The Hall–Kier alpha value is -4.34. The van der Waals surface area contributed by atoms with Crippen LogP contribution in [0.15, 0.2) is 82.3 Å². The molecule has 4 aromatic rings. The number of pyridine rings is 1. The molecule has 0 saturated carbocycles. The minimum absolute atomic E-state index is 0.0649. The summed E-state index contributed by atoms with van der Waals surface area (Å²) in [6.45, 7) is 0. The maximum Gasteiger partial charge on any atom is 0.573 e. The van der Waals surface area contributed by atoms with Crippen molar-refractivity contribution in [1.29, 1.82) is 0 Å². The van der Waals surface area contributed by atoms with E-state index in [0.29, 0.717) is 22.5 Å². The van der Waals surface area contributed by atoms with Crippen LogP contribution < -0.4 is 20.3 Å². The number of para-hydroxylation sites is 1. The number of fused-ring (bicyclic) bond motifs is 1. The van der Waals surface area contributed by atoms with Crippen molar-refractivity contribution in [2.24, 2.45) is 4.99 Å². The summed E-state index contributed by atoms with van der Waals surface area (Å²) < 4.78 is 52.3. The minimum atomic E-state index is -4.81. The SMILES string of the molecule is COc1cccc2cc(C(=O)Nc3ccccn3)c(=Nc3ccc(OC(F)(F)F)cc3)oc12. The predicted octanol–water partition coefficient (Wildman–Crippen LogP) is 5.22. The van der Waals surface area contributed by atoms with Gasteiger partial charge in [-0.2, -0.15) is 0 Å². The maximum atomic E-state index is 13.0. The van der Waals surface area contributed by atoms with E-state index in [1.807, 2.05) is 0 Å². The molecule has 10 heteroatoms. The van der Waals surface area contributed by atoms with Crippen molar-refractivity contribution in [2.75, 3.05) is 12.4 Å². The lowest BCUT2D eigenvalue weighted by Crippen LogP contribution is -2.22. The standard InChI is InChI=1S/C23H16F3N3O4/c1-31-18-6-4-5-14-13-17(21(30)29-19-7-2-3-12-27-19)22(32-20(14)18)28-15-8-10-16(11-9-15)33-23(24,25)26/h2-13H,1H3,(H,27,29,30).